The number of carbonyl (C=O) groups is 2. The summed E-state index contributed by atoms with van der Waals surface area (Å²) >= 11 is 3.31. The van der Waals surface area contributed by atoms with Crippen molar-refractivity contribution in [3.63, 3.8) is 0 Å². The van der Waals surface area contributed by atoms with Crippen LogP contribution in [0.1, 0.15) is 48.0 Å². The van der Waals surface area contributed by atoms with Crippen LogP contribution in [0.25, 0.3) is 0 Å². The van der Waals surface area contributed by atoms with Crippen LogP contribution >= 0.6 is 15.9 Å². The molecule has 24 heavy (non-hydrogen) atoms. The quantitative estimate of drug-likeness (QED) is 0.534. The first kappa shape index (κ1) is 19.1. The Bertz CT molecular complexity index is 526. The van der Waals surface area contributed by atoms with E-state index >= 15 is 0 Å². The number of halogens is 1. The number of nitrogens with zero attached hydrogens (tertiary/aromatic N) is 1. The Morgan fingerprint density at radius 2 is 1.83 bits per heavy atom. The van der Waals surface area contributed by atoms with Crippen LogP contribution in [-0.2, 0) is 19.1 Å². The molecule has 2 atom stereocenters. The van der Waals surface area contributed by atoms with Crippen molar-refractivity contribution in [1.82, 2.24) is 10.4 Å². The number of hydrogen-bond donors (Lipinski definition) is 1. The average Bonchev–Trinajstić information content (AvgIpc) is 2.90. The fraction of sp³-hybridized carbons (Fsp3) is 0.750. The maximum atomic E-state index is 12.6. The SMILES string of the molecule is CC(C)(C)OC(=O)[C@@H]1CC2(C=C(Br)NO2)CN1C(=O)OC(C)(C)C. The van der Waals surface area contributed by atoms with Gasteiger partial charge in [0.2, 0.25) is 0 Å². The van der Waals surface area contributed by atoms with E-state index < -0.39 is 34.9 Å². The molecule has 0 aromatic carbocycles. The van der Waals surface area contributed by atoms with Gasteiger partial charge in [0.25, 0.3) is 0 Å². The van der Waals surface area contributed by atoms with Crippen LogP contribution < -0.4 is 5.48 Å². The summed E-state index contributed by atoms with van der Waals surface area (Å²) < 4.78 is 11.6. The van der Waals surface area contributed by atoms with Crippen molar-refractivity contribution in [3.8, 4) is 0 Å². The Labute approximate surface area is 150 Å². The minimum atomic E-state index is -0.780. The second kappa shape index (κ2) is 6.22. The minimum absolute atomic E-state index is 0.202. The molecule has 7 nitrogen and oxygen atoms in total. The summed E-state index contributed by atoms with van der Waals surface area (Å²) in [5.74, 6) is -0.467. The summed E-state index contributed by atoms with van der Waals surface area (Å²) in [5, 5.41) is 0. The van der Waals surface area contributed by atoms with E-state index in [1.165, 1.54) is 4.90 Å². The fourth-order valence-electron chi connectivity index (χ4n) is 2.61. The van der Waals surface area contributed by atoms with Gasteiger partial charge in [0.15, 0.2) is 0 Å². The highest BCUT2D eigenvalue weighted by Crippen LogP contribution is 2.37. The van der Waals surface area contributed by atoms with Gasteiger partial charge in [0.1, 0.15) is 27.5 Å². The molecule has 1 N–H and O–H groups in total. The highest BCUT2D eigenvalue weighted by molar-refractivity contribution is 9.11. The van der Waals surface area contributed by atoms with E-state index in [0.717, 1.165) is 0 Å². The molecule has 1 unspecified atom stereocenters. The Morgan fingerprint density at radius 1 is 1.25 bits per heavy atom. The zero-order chi connectivity index (χ0) is 18.3. The number of rotatable bonds is 1. The Balaban J connectivity index is 2.23. The van der Waals surface area contributed by atoms with Gasteiger partial charge < -0.3 is 9.47 Å². The molecule has 2 rings (SSSR count). The predicted octanol–water partition coefficient (Wildman–Crippen LogP) is 2.85. The highest BCUT2D eigenvalue weighted by atomic mass is 79.9. The lowest BCUT2D eigenvalue weighted by atomic mass is 10.0. The summed E-state index contributed by atoms with van der Waals surface area (Å²) in [6.45, 7) is 10.9. The van der Waals surface area contributed by atoms with Crippen LogP contribution in [0.3, 0.4) is 0 Å². The van der Waals surface area contributed by atoms with Crippen molar-refractivity contribution in [2.24, 2.45) is 0 Å². The van der Waals surface area contributed by atoms with Crippen molar-refractivity contribution < 1.29 is 23.9 Å². The van der Waals surface area contributed by atoms with E-state index in [-0.39, 0.29) is 6.54 Å². The van der Waals surface area contributed by atoms with Crippen LogP contribution in [0.4, 0.5) is 4.79 Å². The summed E-state index contributed by atoms with van der Waals surface area (Å²) in [7, 11) is 0. The molecule has 0 bridgehead atoms. The Hall–Kier alpha value is -1.28. The molecule has 1 amide bonds. The third kappa shape index (κ3) is 4.63. The topological polar surface area (TPSA) is 77.1 Å². The maximum Gasteiger partial charge on any atom is 0.411 e. The number of ether oxygens (including phenoxy) is 2. The average molecular weight is 405 g/mol. The molecule has 0 saturated carbocycles. The maximum absolute atomic E-state index is 12.6. The van der Waals surface area contributed by atoms with Crippen LogP contribution in [0.5, 0.6) is 0 Å². The van der Waals surface area contributed by atoms with Gasteiger partial charge in [0.05, 0.1) is 6.54 Å². The summed E-state index contributed by atoms with van der Waals surface area (Å²) in [5.41, 5.74) is 0.637. The minimum Gasteiger partial charge on any atom is -0.458 e. The normalized spacial score (nSPS) is 27.0. The van der Waals surface area contributed by atoms with Gasteiger partial charge in [-0.3, -0.25) is 15.2 Å². The number of hydrogen-bond acceptors (Lipinski definition) is 6. The molecule has 2 heterocycles. The number of likely N-dealkylation sites (tertiary alicyclic amines) is 1. The number of carbonyl (C=O) groups excluding carboxylic acids is 2. The monoisotopic (exact) mass is 404 g/mol. The first-order chi connectivity index (χ1) is 10.8. The third-order valence-corrected chi connectivity index (χ3v) is 3.79. The van der Waals surface area contributed by atoms with Gasteiger partial charge in [-0.25, -0.2) is 9.59 Å². The van der Waals surface area contributed by atoms with Crippen LogP contribution in [0.15, 0.2) is 10.7 Å². The third-order valence-electron chi connectivity index (χ3n) is 3.40. The molecule has 1 fully saturated rings. The molecule has 136 valence electrons. The molecule has 0 aliphatic carbocycles. The van der Waals surface area contributed by atoms with Gasteiger partial charge in [-0.2, -0.15) is 0 Å². The number of esters is 1. The fourth-order valence-corrected chi connectivity index (χ4v) is 3.11. The van der Waals surface area contributed by atoms with Crippen molar-refractivity contribution in [2.75, 3.05) is 6.54 Å². The van der Waals surface area contributed by atoms with Crippen LogP contribution in [0.2, 0.25) is 0 Å². The standard InChI is InChI=1S/C16H25BrN2O5/c1-14(2,3)22-12(20)10-7-16(8-11(17)18-24-16)9-19(10)13(21)23-15(4,5)6/h8,10,18H,7,9H2,1-6H3/t10-,16?/m0/s1. The van der Waals surface area contributed by atoms with E-state index in [9.17, 15) is 9.59 Å². The molecule has 8 heteroatoms. The van der Waals surface area contributed by atoms with E-state index in [1.54, 1.807) is 41.5 Å². The van der Waals surface area contributed by atoms with E-state index in [1.807, 2.05) is 6.08 Å². The van der Waals surface area contributed by atoms with Gasteiger partial charge in [0, 0.05) is 6.42 Å². The van der Waals surface area contributed by atoms with Crippen molar-refractivity contribution in [2.45, 2.75) is 70.8 Å². The molecule has 1 spiro atoms. The first-order valence-corrected chi connectivity index (χ1v) is 8.64. The van der Waals surface area contributed by atoms with E-state index in [4.69, 9.17) is 14.3 Å². The second-order valence-corrected chi connectivity index (χ2v) is 8.98. The van der Waals surface area contributed by atoms with Gasteiger partial charge in [-0.15, -0.1) is 0 Å². The molecule has 0 radical (unpaired) electrons. The Kier molecular flexibility index (Phi) is 4.94. The zero-order valence-electron chi connectivity index (χ0n) is 14.9. The predicted molar refractivity (Wildman–Crippen MR) is 91.2 cm³/mol. The largest absolute Gasteiger partial charge is 0.458 e. The van der Waals surface area contributed by atoms with Crippen molar-refractivity contribution >= 4 is 28.0 Å². The Morgan fingerprint density at radius 3 is 2.29 bits per heavy atom. The smallest absolute Gasteiger partial charge is 0.411 e. The van der Waals surface area contributed by atoms with Crippen molar-refractivity contribution in [3.05, 3.63) is 10.7 Å². The molecule has 2 aliphatic rings. The molecule has 0 aromatic rings. The van der Waals surface area contributed by atoms with E-state index in [2.05, 4.69) is 21.4 Å². The lowest BCUT2D eigenvalue weighted by molar-refractivity contribution is -0.160. The number of amides is 1. The molecule has 0 aromatic heterocycles. The lowest BCUT2D eigenvalue weighted by Crippen LogP contribution is -2.46. The summed E-state index contributed by atoms with van der Waals surface area (Å²) in [6, 6.07) is -0.768. The number of nitrogens with one attached hydrogen (secondary N) is 1. The molecular formula is C16H25BrN2O5. The lowest BCUT2D eigenvalue weighted by Gasteiger charge is -2.29. The van der Waals surface area contributed by atoms with Crippen LogP contribution in [-0.4, -0.2) is 46.4 Å². The van der Waals surface area contributed by atoms with Gasteiger partial charge in [-0.05, 0) is 63.5 Å². The highest BCUT2D eigenvalue weighted by Gasteiger charge is 2.53. The van der Waals surface area contributed by atoms with E-state index in [0.29, 0.717) is 11.0 Å². The molecule has 2 aliphatic heterocycles. The van der Waals surface area contributed by atoms with Gasteiger partial charge >= 0.3 is 12.1 Å². The zero-order valence-corrected chi connectivity index (χ0v) is 16.5. The first-order valence-electron chi connectivity index (χ1n) is 7.85. The summed E-state index contributed by atoms with van der Waals surface area (Å²) in [4.78, 5) is 32.1. The van der Waals surface area contributed by atoms with Crippen molar-refractivity contribution in [1.29, 1.82) is 0 Å². The van der Waals surface area contributed by atoms with Gasteiger partial charge in [-0.1, -0.05) is 0 Å². The summed E-state index contributed by atoms with van der Waals surface area (Å²) in [6.07, 6.45) is 1.55. The molecular weight excluding hydrogens is 380 g/mol. The second-order valence-electron chi connectivity index (χ2n) is 8.12. The molecule has 1 saturated heterocycles. The number of hydroxylamine groups is 1. The van der Waals surface area contributed by atoms with Crippen LogP contribution in [0, 0.1) is 0 Å².